The molecule has 15 heteroatoms. The fourth-order valence-electron chi connectivity index (χ4n) is 2.22. The molecule has 0 saturated carbocycles. The van der Waals surface area contributed by atoms with E-state index in [4.69, 9.17) is 33.3 Å². The van der Waals surface area contributed by atoms with Crippen LogP contribution in [0.15, 0.2) is 68.0 Å². The van der Waals surface area contributed by atoms with Crippen molar-refractivity contribution in [3.05, 3.63) is 52.6 Å². The molecule has 14 nitrogen and oxygen atoms in total. The zero-order chi connectivity index (χ0) is 22.5. The molecule has 0 spiro atoms. The number of H-pyrrole nitrogens is 1. The molecule has 0 radical (unpaired) electrons. The Morgan fingerprint density at radius 3 is 2.27 bits per heavy atom. The highest BCUT2D eigenvalue weighted by molar-refractivity contribution is 9.10. The Labute approximate surface area is 177 Å². The van der Waals surface area contributed by atoms with Gasteiger partial charge in [-0.25, -0.2) is 9.97 Å². The van der Waals surface area contributed by atoms with Gasteiger partial charge in [-0.05, 0) is 48.5 Å². The number of carbonyl (C=O) groups excluding carboxylic acids is 1. The molecule has 0 atom stereocenters. The molecule has 0 aliphatic rings. The summed E-state index contributed by atoms with van der Waals surface area (Å²) in [6.07, 6.45) is 1.56. The SMILES string of the molecule is N#N.N=N/N=N/N=N.NC(=O)c1cc(-c2nc(N)ncc2Br)[nH]c1-c1ccccc1. The van der Waals surface area contributed by atoms with Gasteiger partial charge in [-0.1, -0.05) is 30.3 Å². The normalized spacial score (nSPS) is 9.57. The number of nitrogen functional groups attached to an aromatic ring is 1. The molecular weight excluding hydrogens is 458 g/mol. The number of amides is 1. The summed E-state index contributed by atoms with van der Waals surface area (Å²) in [4.78, 5) is 23.0. The zero-order valence-electron chi connectivity index (χ0n) is 15.1. The van der Waals surface area contributed by atoms with E-state index in [0.717, 1.165) is 5.56 Å². The van der Waals surface area contributed by atoms with Crippen LogP contribution in [-0.4, -0.2) is 20.9 Å². The highest BCUT2D eigenvalue weighted by Crippen LogP contribution is 2.31. The minimum absolute atomic E-state index is 0.148. The second-order valence-electron chi connectivity index (χ2n) is 5.01. The van der Waals surface area contributed by atoms with E-state index in [1.807, 2.05) is 30.3 Å². The number of halogens is 1. The quantitative estimate of drug-likeness (QED) is 0.208. The Morgan fingerprint density at radius 1 is 1.13 bits per heavy atom. The molecule has 1 amide bonds. The number of carbonyl (C=O) groups is 1. The Hall–Kier alpha value is -4.45. The van der Waals surface area contributed by atoms with Gasteiger partial charge in [0.1, 0.15) is 5.69 Å². The Kier molecular flexibility index (Phi) is 9.51. The number of anilines is 1. The minimum Gasteiger partial charge on any atom is -0.368 e. The van der Waals surface area contributed by atoms with Gasteiger partial charge in [-0.15, -0.1) is 0 Å². The topological polar surface area (TPSA) is 255 Å². The summed E-state index contributed by atoms with van der Waals surface area (Å²) in [5, 5.41) is 22.1. The summed E-state index contributed by atoms with van der Waals surface area (Å²) in [6.45, 7) is 0. The number of nitrogens with one attached hydrogen (secondary N) is 3. The van der Waals surface area contributed by atoms with Crippen LogP contribution in [-0.2, 0) is 0 Å². The lowest BCUT2D eigenvalue weighted by atomic mass is 10.1. The molecule has 3 rings (SSSR count). The summed E-state index contributed by atoms with van der Waals surface area (Å²) < 4.78 is 0.665. The van der Waals surface area contributed by atoms with Crippen LogP contribution >= 0.6 is 15.9 Å². The maximum atomic E-state index is 11.7. The van der Waals surface area contributed by atoms with E-state index in [0.29, 0.717) is 27.1 Å². The van der Waals surface area contributed by atoms with E-state index in [9.17, 15) is 4.79 Å². The van der Waals surface area contributed by atoms with Gasteiger partial charge in [-0.2, -0.15) is 11.1 Å². The monoisotopic (exact) mass is 471 g/mol. The molecule has 152 valence electrons. The van der Waals surface area contributed by atoms with Crippen LogP contribution < -0.4 is 11.5 Å². The first-order valence-electron chi connectivity index (χ1n) is 7.67. The van der Waals surface area contributed by atoms with Crippen molar-refractivity contribution in [3.63, 3.8) is 0 Å². The second kappa shape index (κ2) is 12.1. The molecule has 7 N–H and O–H groups in total. The Morgan fingerprint density at radius 2 is 1.73 bits per heavy atom. The first kappa shape index (κ1) is 23.6. The molecule has 30 heavy (non-hydrogen) atoms. The van der Waals surface area contributed by atoms with Crippen molar-refractivity contribution in [1.29, 1.82) is 21.8 Å². The Bertz CT molecular complexity index is 1050. The zero-order valence-corrected chi connectivity index (χ0v) is 16.6. The lowest BCUT2D eigenvalue weighted by Crippen LogP contribution is -2.11. The predicted molar refractivity (Wildman–Crippen MR) is 106 cm³/mol. The predicted octanol–water partition coefficient (Wildman–Crippen LogP) is 3.94. The lowest BCUT2D eigenvalue weighted by molar-refractivity contribution is 0.100. The molecule has 0 saturated heterocycles. The van der Waals surface area contributed by atoms with Crippen molar-refractivity contribution in [2.75, 3.05) is 5.73 Å². The largest absolute Gasteiger partial charge is 0.368 e. The van der Waals surface area contributed by atoms with E-state index in [1.165, 1.54) is 0 Å². The van der Waals surface area contributed by atoms with Crippen LogP contribution in [0, 0.1) is 21.8 Å². The molecular formula is C15H14BrN13O. The number of nitrogens with two attached hydrogens (primary N) is 2. The van der Waals surface area contributed by atoms with Gasteiger partial charge in [-0.3, -0.25) is 4.79 Å². The first-order chi connectivity index (χ1) is 14.5. The average Bonchev–Trinajstić information content (AvgIpc) is 3.22. The van der Waals surface area contributed by atoms with Crippen LogP contribution in [0.4, 0.5) is 5.95 Å². The van der Waals surface area contributed by atoms with Crippen LogP contribution in [0.5, 0.6) is 0 Å². The number of rotatable bonds is 5. The molecule has 0 aliphatic carbocycles. The van der Waals surface area contributed by atoms with Crippen LogP contribution in [0.1, 0.15) is 10.4 Å². The summed E-state index contributed by atoms with van der Waals surface area (Å²) >= 11 is 3.38. The maximum Gasteiger partial charge on any atom is 0.250 e. The van der Waals surface area contributed by atoms with Crippen molar-refractivity contribution in [2.45, 2.75) is 0 Å². The van der Waals surface area contributed by atoms with Crippen LogP contribution in [0.3, 0.4) is 0 Å². The third-order valence-corrected chi connectivity index (χ3v) is 3.87. The number of nitrogens with zero attached hydrogens (tertiary/aromatic N) is 8. The van der Waals surface area contributed by atoms with Gasteiger partial charge in [0.25, 0.3) is 5.91 Å². The fraction of sp³-hybridized carbons (Fsp3) is 0. The van der Waals surface area contributed by atoms with Crippen molar-refractivity contribution in [2.24, 2.45) is 26.6 Å². The maximum absolute atomic E-state index is 11.7. The number of hydrogen-bond donors (Lipinski definition) is 5. The number of benzene rings is 1. The number of aromatic amines is 1. The van der Waals surface area contributed by atoms with Gasteiger partial charge >= 0.3 is 0 Å². The van der Waals surface area contributed by atoms with Crippen LogP contribution in [0.2, 0.25) is 0 Å². The molecule has 0 fully saturated rings. The second-order valence-corrected chi connectivity index (χ2v) is 5.86. The van der Waals surface area contributed by atoms with Crippen molar-refractivity contribution in [1.82, 2.24) is 15.0 Å². The van der Waals surface area contributed by atoms with Crippen molar-refractivity contribution in [3.8, 4) is 22.6 Å². The highest BCUT2D eigenvalue weighted by atomic mass is 79.9. The number of hydrogen-bond acceptors (Lipinski definition) is 8. The molecule has 0 bridgehead atoms. The van der Waals surface area contributed by atoms with Crippen LogP contribution in [0.25, 0.3) is 22.6 Å². The van der Waals surface area contributed by atoms with E-state index in [-0.39, 0.29) is 5.95 Å². The number of primary amides is 1. The van der Waals surface area contributed by atoms with Gasteiger partial charge < -0.3 is 16.5 Å². The molecule has 2 aromatic heterocycles. The summed E-state index contributed by atoms with van der Waals surface area (Å²) in [7, 11) is 0. The lowest BCUT2D eigenvalue weighted by Gasteiger charge is -2.02. The highest BCUT2D eigenvalue weighted by Gasteiger charge is 2.17. The third kappa shape index (κ3) is 6.31. The molecule has 1 aromatic carbocycles. The molecule has 2 heterocycles. The molecule has 0 unspecified atom stereocenters. The third-order valence-electron chi connectivity index (χ3n) is 3.29. The fourth-order valence-corrected chi connectivity index (χ4v) is 2.62. The smallest absolute Gasteiger partial charge is 0.250 e. The average molecular weight is 472 g/mol. The van der Waals surface area contributed by atoms with Gasteiger partial charge in [0, 0.05) is 17.0 Å². The van der Waals surface area contributed by atoms with E-state index < -0.39 is 5.91 Å². The molecule has 0 aliphatic heterocycles. The van der Waals surface area contributed by atoms with Crippen molar-refractivity contribution >= 4 is 27.8 Å². The summed E-state index contributed by atoms with van der Waals surface area (Å²) in [5.41, 5.74) is 26.1. The van der Waals surface area contributed by atoms with E-state index in [1.54, 1.807) is 12.3 Å². The standard InChI is InChI=1S/C15H12BrN5O.H2N6.N2/c16-10-7-19-15(18)21-13(10)11-6-9(14(17)22)12(20-11)8-4-2-1-3-5-8;1-3-5-6-4-2;1-2/h1-7,20H,(H2,17,22)(H2,18,19,21);1-2H;/b;3-1?,4-2?,6-5+;. The van der Waals surface area contributed by atoms with Crippen molar-refractivity contribution < 1.29 is 4.79 Å². The number of aromatic nitrogens is 3. The Balaban J connectivity index is 0.000000487. The first-order valence-corrected chi connectivity index (χ1v) is 8.47. The van der Waals surface area contributed by atoms with E-state index >= 15 is 0 Å². The summed E-state index contributed by atoms with van der Waals surface area (Å²) in [6, 6.07) is 11.1. The minimum atomic E-state index is -0.514. The molecule has 3 aromatic rings. The van der Waals surface area contributed by atoms with E-state index in [2.05, 4.69) is 51.8 Å². The van der Waals surface area contributed by atoms with Gasteiger partial charge in [0.05, 0.1) is 21.4 Å². The van der Waals surface area contributed by atoms with Gasteiger partial charge in [0.15, 0.2) is 0 Å². The van der Waals surface area contributed by atoms with Gasteiger partial charge in [0.2, 0.25) is 5.95 Å². The summed E-state index contributed by atoms with van der Waals surface area (Å²) in [5.74, 6) is -0.366.